The van der Waals surface area contributed by atoms with Crippen molar-refractivity contribution in [2.75, 3.05) is 0 Å². The smallest absolute Gasteiger partial charge is 0.408 e. The predicted molar refractivity (Wildman–Crippen MR) is 190 cm³/mol. The molecule has 6 aromatic rings. The molecule has 0 saturated heterocycles. The van der Waals surface area contributed by atoms with Crippen LogP contribution in [0, 0.1) is 0 Å². The van der Waals surface area contributed by atoms with Crippen LogP contribution < -0.4 is 13.6 Å². The van der Waals surface area contributed by atoms with E-state index in [1.54, 1.807) is 0 Å². The largest absolute Gasteiger partial charge is 0.530 e. The van der Waals surface area contributed by atoms with E-state index >= 15 is 0 Å². The van der Waals surface area contributed by atoms with Crippen LogP contribution >= 0.6 is 8.60 Å². The summed E-state index contributed by atoms with van der Waals surface area (Å²) in [5.74, 6) is 2.75. The van der Waals surface area contributed by atoms with E-state index in [0.717, 1.165) is 16.7 Å². The highest BCUT2D eigenvalue weighted by molar-refractivity contribution is 7.43. The summed E-state index contributed by atoms with van der Waals surface area (Å²) >= 11 is 0. The third-order valence-electron chi connectivity index (χ3n) is 8.51. The number of rotatable bonds is 12. The molecule has 0 amide bonds. The van der Waals surface area contributed by atoms with E-state index in [-0.39, 0.29) is 17.8 Å². The quantitative estimate of drug-likeness (QED) is 0.127. The molecule has 0 spiro atoms. The molecule has 0 fully saturated rings. The lowest BCUT2D eigenvalue weighted by Gasteiger charge is -2.21. The van der Waals surface area contributed by atoms with Crippen LogP contribution in [0.25, 0.3) is 0 Å². The minimum Gasteiger partial charge on any atom is -0.408 e. The molecule has 0 saturated carbocycles. The highest BCUT2D eigenvalue weighted by atomic mass is 31.2. The van der Waals surface area contributed by atoms with Crippen molar-refractivity contribution in [2.45, 2.75) is 38.5 Å². The molecule has 4 heteroatoms. The first-order chi connectivity index (χ1) is 22.5. The first-order valence-electron chi connectivity index (χ1n) is 15.8. The monoisotopic (exact) mass is 622 g/mol. The summed E-state index contributed by atoms with van der Waals surface area (Å²) in [7, 11) is -1.85. The maximum atomic E-state index is 6.54. The van der Waals surface area contributed by atoms with Crippen LogP contribution in [0.2, 0.25) is 0 Å². The maximum Gasteiger partial charge on any atom is 0.530 e. The van der Waals surface area contributed by atoms with E-state index in [4.69, 9.17) is 13.6 Å². The molecule has 0 bridgehead atoms. The van der Waals surface area contributed by atoms with Crippen LogP contribution in [-0.2, 0) is 0 Å². The summed E-state index contributed by atoms with van der Waals surface area (Å²) in [6.07, 6.45) is 0. The van der Waals surface area contributed by atoms with Gasteiger partial charge in [-0.3, -0.25) is 0 Å². The van der Waals surface area contributed by atoms with Gasteiger partial charge in [-0.1, -0.05) is 148 Å². The highest BCUT2D eigenvalue weighted by Crippen LogP contribution is 2.44. The molecule has 0 N–H and O–H groups in total. The van der Waals surface area contributed by atoms with Crippen LogP contribution in [0.3, 0.4) is 0 Å². The first kappa shape index (κ1) is 31.1. The average molecular weight is 623 g/mol. The summed E-state index contributed by atoms with van der Waals surface area (Å²) < 4.78 is 19.6. The predicted octanol–water partition coefficient (Wildman–Crippen LogP) is 11.9. The van der Waals surface area contributed by atoms with Crippen LogP contribution in [0.5, 0.6) is 17.2 Å². The first-order valence-corrected chi connectivity index (χ1v) is 16.9. The van der Waals surface area contributed by atoms with Crippen LogP contribution in [0.1, 0.15) is 71.9 Å². The second-order valence-corrected chi connectivity index (χ2v) is 12.6. The SMILES string of the molecule is CC(c1ccccc1)c1cccc(OP(Oc2cccc(C(C)c3ccccc3)c2)Oc2cccc(C(C)c3ccccc3)c2)c1. The van der Waals surface area contributed by atoms with Crippen molar-refractivity contribution in [2.24, 2.45) is 0 Å². The van der Waals surface area contributed by atoms with Crippen molar-refractivity contribution in [1.82, 2.24) is 0 Å². The van der Waals surface area contributed by atoms with Gasteiger partial charge in [-0.25, -0.2) is 0 Å². The van der Waals surface area contributed by atoms with Crippen molar-refractivity contribution < 1.29 is 13.6 Å². The Hall–Kier alpha value is -4.85. The van der Waals surface area contributed by atoms with Crippen molar-refractivity contribution >= 4 is 8.60 Å². The van der Waals surface area contributed by atoms with Gasteiger partial charge in [-0.05, 0) is 69.8 Å². The number of benzene rings is 6. The van der Waals surface area contributed by atoms with Gasteiger partial charge >= 0.3 is 8.60 Å². The fourth-order valence-electron chi connectivity index (χ4n) is 5.64. The Kier molecular flexibility index (Phi) is 10.1. The lowest BCUT2D eigenvalue weighted by molar-refractivity contribution is 0.387. The van der Waals surface area contributed by atoms with Gasteiger partial charge in [0, 0.05) is 17.8 Å². The van der Waals surface area contributed by atoms with Gasteiger partial charge in [-0.2, -0.15) is 0 Å². The molecule has 3 nitrogen and oxygen atoms in total. The highest BCUT2D eigenvalue weighted by Gasteiger charge is 2.22. The minimum absolute atomic E-state index is 0.213. The van der Waals surface area contributed by atoms with Gasteiger partial charge in [-0.15, -0.1) is 0 Å². The molecule has 3 unspecified atom stereocenters. The van der Waals surface area contributed by atoms with Crippen molar-refractivity contribution in [1.29, 1.82) is 0 Å². The van der Waals surface area contributed by atoms with E-state index in [2.05, 4.69) is 130 Å². The zero-order valence-corrected chi connectivity index (χ0v) is 27.4. The standard InChI is InChI=1S/C42H39O3P/c1-31(34-16-7-4-8-17-34)37-22-13-25-40(28-37)43-46(44-41-26-14-23-38(29-41)32(2)35-18-9-5-10-19-35)45-42-27-15-24-39(30-42)33(3)36-20-11-6-12-21-36/h4-33H,1-3H3. The molecule has 0 aliphatic rings. The Morgan fingerprint density at radius 2 is 0.587 bits per heavy atom. The van der Waals surface area contributed by atoms with Gasteiger partial charge in [0.15, 0.2) is 0 Å². The fourth-order valence-corrected chi connectivity index (χ4v) is 6.61. The molecule has 0 radical (unpaired) electrons. The number of hydrogen-bond acceptors (Lipinski definition) is 3. The molecule has 0 heterocycles. The second-order valence-electron chi connectivity index (χ2n) is 11.6. The van der Waals surface area contributed by atoms with Crippen LogP contribution in [0.15, 0.2) is 164 Å². The Balaban J connectivity index is 1.28. The third-order valence-corrected chi connectivity index (χ3v) is 9.59. The topological polar surface area (TPSA) is 27.7 Å². The van der Waals surface area contributed by atoms with E-state index in [1.165, 1.54) is 16.7 Å². The molecule has 230 valence electrons. The van der Waals surface area contributed by atoms with E-state index in [0.29, 0.717) is 17.2 Å². The lowest BCUT2D eigenvalue weighted by atomic mass is 9.93. The molecule has 46 heavy (non-hydrogen) atoms. The maximum absolute atomic E-state index is 6.54. The second kappa shape index (κ2) is 15.0. The molecule has 0 aliphatic carbocycles. The Labute approximate surface area is 274 Å². The Bertz CT molecular complexity index is 1610. The van der Waals surface area contributed by atoms with E-state index in [1.807, 2.05) is 54.6 Å². The summed E-state index contributed by atoms with van der Waals surface area (Å²) in [5, 5.41) is 0. The van der Waals surface area contributed by atoms with E-state index < -0.39 is 8.60 Å². The van der Waals surface area contributed by atoms with Crippen molar-refractivity contribution in [3.05, 3.63) is 197 Å². The zero-order valence-electron chi connectivity index (χ0n) is 26.5. The molecule has 0 aliphatic heterocycles. The third kappa shape index (κ3) is 7.86. The van der Waals surface area contributed by atoms with Crippen molar-refractivity contribution in [3.8, 4) is 17.2 Å². The van der Waals surface area contributed by atoms with Crippen LogP contribution in [-0.4, -0.2) is 0 Å². The van der Waals surface area contributed by atoms with Gasteiger partial charge < -0.3 is 13.6 Å². The molecular weight excluding hydrogens is 583 g/mol. The summed E-state index contributed by atoms with van der Waals surface area (Å²) in [6.45, 7) is 6.63. The van der Waals surface area contributed by atoms with E-state index in [9.17, 15) is 0 Å². The summed E-state index contributed by atoms with van der Waals surface area (Å²) in [6, 6.07) is 56.2. The summed E-state index contributed by atoms with van der Waals surface area (Å²) in [4.78, 5) is 0. The fraction of sp³-hybridized carbons (Fsp3) is 0.143. The summed E-state index contributed by atoms with van der Waals surface area (Å²) in [5.41, 5.74) is 7.25. The molecule has 6 rings (SSSR count). The molecule has 3 atom stereocenters. The Morgan fingerprint density at radius 1 is 0.326 bits per heavy atom. The van der Waals surface area contributed by atoms with Crippen LogP contribution in [0.4, 0.5) is 0 Å². The molecule has 0 aromatic heterocycles. The van der Waals surface area contributed by atoms with Crippen molar-refractivity contribution in [3.63, 3.8) is 0 Å². The molecule has 6 aromatic carbocycles. The van der Waals surface area contributed by atoms with Gasteiger partial charge in [0.2, 0.25) is 0 Å². The zero-order chi connectivity index (χ0) is 31.7. The minimum atomic E-state index is -1.85. The van der Waals surface area contributed by atoms with Gasteiger partial charge in [0.1, 0.15) is 17.2 Å². The lowest BCUT2D eigenvalue weighted by Crippen LogP contribution is -2.04. The average Bonchev–Trinajstić information content (AvgIpc) is 3.12. The van der Waals surface area contributed by atoms with Gasteiger partial charge in [0.05, 0.1) is 0 Å². The Morgan fingerprint density at radius 3 is 0.870 bits per heavy atom. The normalized spacial score (nSPS) is 13.6. The molecular formula is C42H39O3P. The number of hydrogen-bond donors (Lipinski definition) is 0. The van der Waals surface area contributed by atoms with Gasteiger partial charge in [0.25, 0.3) is 0 Å².